The molecule has 2 saturated carbocycles. The van der Waals surface area contributed by atoms with Gasteiger partial charge in [-0.05, 0) is 133 Å². The number of hydrogen-bond acceptors (Lipinski definition) is 3. The number of halogens is 1. The largest absolute Gasteiger partial charge is 0.451 e. The third kappa shape index (κ3) is 6.94. The van der Waals surface area contributed by atoms with Crippen LogP contribution in [0.2, 0.25) is 5.02 Å². The van der Waals surface area contributed by atoms with Crippen molar-refractivity contribution in [3.8, 4) is 22.5 Å². The number of benzene rings is 3. The predicted molar refractivity (Wildman–Crippen MR) is 178 cm³/mol. The summed E-state index contributed by atoms with van der Waals surface area (Å²) in [5, 5.41) is 6.77. The highest BCUT2D eigenvalue weighted by atomic mass is 35.5. The van der Waals surface area contributed by atoms with E-state index in [1.165, 1.54) is 31.2 Å². The van der Waals surface area contributed by atoms with E-state index in [0.29, 0.717) is 51.6 Å². The summed E-state index contributed by atoms with van der Waals surface area (Å²) in [4.78, 5) is 26.0. The van der Waals surface area contributed by atoms with Crippen LogP contribution in [0.4, 0.5) is 5.69 Å². The van der Waals surface area contributed by atoms with Crippen molar-refractivity contribution in [2.24, 2.45) is 23.7 Å². The van der Waals surface area contributed by atoms with E-state index in [9.17, 15) is 9.59 Å². The van der Waals surface area contributed by atoms with Crippen molar-refractivity contribution in [3.63, 3.8) is 0 Å². The Kier molecular flexibility index (Phi) is 8.95. The molecule has 3 aromatic carbocycles. The number of anilines is 1. The fraction of sp³-hybridized carbons (Fsp3) is 0.368. The molecule has 1 heterocycles. The van der Waals surface area contributed by atoms with Crippen LogP contribution >= 0.6 is 11.6 Å². The first-order valence-electron chi connectivity index (χ1n) is 15.9. The van der Waals surface area contributed by atoms with Gasteiger partial charge in [0.05, 0.1) is 0 Å². The molecule has 4 aromatic rings. The Morgan fingerprint density at radius 2 is 1.59 bits per heavy atom. The quantitative estimate of drug-likeness (QED) is 0.199. The summed E-state index contributed by atoms with van der Waals surface area (Å²) in [7, 11) is 0. The highest BCUT2D eigenvalue weighted by Crippen LogP contribution is 2.47. The molecule has 0 radical (unpaired) electrons. The van der Waals surface area contributed by atoms with Crippen molar-refractivity contribution >= 4 is 29.1 Å². The maximum absolute atomic E-state index is 13.3. The molecule has 0 bridgehead atoms. The highest BCUT2D eigenvalue weighted by Gasteiger charge is 2.33. The second kappa shape index (κ2) is 13.0. The topological polar surface area (TPSA) is 71.3 Å². The van der Waals surface area contributed by atoms with E-state index < -0.39 is 0 Å². The lowest BCUT2D eigenvalue weighted by atomic mass is 9.66. The van der Waals surface area contributed by atoms with Crippen molar-refractivity contribution in [3.05, 3.63) is 101 Å². The van der Waals surface area contributed by atoms with Gasteiger partial charge in [-0.1, -0.05) is 57.0 Å². The van der Waals surface area contributed by atoms with Gasteiger partial charge >= 0.3 is 0 Å². The normalized spacial score (nSPS) is 20.0. The Labute approximate surface area is 265 Å². The average Bonchev–Trinajstić information content (AvgIpc) is 3.73. The molecule has 44 heavy (non-hydrogen) atoms. The molecule has 228 valence electrons. The van der Waals surface area contributed by atoms with E-state index in [4.69, 9.17) is 16.0 Å². The fourth-order valence-electron chi connectivity index (χ4n) is 6.65. The smallest absolute Gasteiger partial charge is 0.291 e. The number of hydrogen-bond donors (Lipinski definition) is 2. The molecule has 3 atom stereocenters. The maximum atomic E-state index is 13.3. The summed E-state index contributed by atoms with van der Waals surface area (Å²) in [6, 6.07) is 25.0. The SMILES string of the molecule is CC1CCC(C(C)C)C(c2ccc(NC(=O)c3ccc(-c4ccc(Cl)cc4)o3)cc2-c2ccc(C(=O)NCC3CC3)cc2)C1. The van der Waals surface area contributed by atoms with E-state index in [-0.39, 0.29) is 17.6 Å². The Bertz CT molecular complexity index is 1620. The van der Waals surface area contributed by atoms with E-state index in [2.05, 4.69) is 43.5 Å². The van der Waals surface area contributed by atoms with Crippen molar-refractivity contribution < 1.29 is 14.0 Å². The number of carbonyl (C=O) groups excluding carboxylic acids is 2. The fourth-order valence-corrected chi connectivity index (χ4v) is 6.78. The lowest BCUT2D eigenvalue weighted by molar-refractivity contribution is 0.0950. The lowest BCUT2D eigenvalue weighted by Gasteiger charge is -2.38. The van der Waals surface area contributed by atoms with Gasteiger partial charge in [0.1, 0.15) is 5.76 Å². The molecule has 2 aliphatic rings. The van der Waals surface area contributed by atoms with Crippen LogP contribution in [0.25, 0.3) is 22.5 Å². The van der Waals surface area contributed by atoms with Gasteiger partial charge in [-0.2, -0.15) is 0 Å². The van der Waals surface area contributed by atoms with Crippen molar-refractivity contribution in [2.75, 3.05) is 11.9 Å². The minimum atomic E-state index is -0.307. The third-order valence-electron chi connectivity index (χ3n) is 9.40. The summed E-state index contributed by atoms with van der Waals surface area (Å²) >= 11 is 6.03. The molecule has 0 spiro atoms. The molecule has 2 amide bonds. The van der Waals surface area contributed by atoms with Gasteiger partial charge in [0.25, 0.3) is 11.8 Å². The molecule has 2 aliphatic carbocycles. The minimum Gasteiger partial charge on any atom is -0.451 e. The van der Waals surface area contributed by atoms with Crippen LogP contribution in [-0.4, -0.2) is 18.4 Å². The summed E-state index contributed by atoms with van der Waals surface area (Å²) in [5.74, 6) is 3.40. The van der Waals surface area contributed by atoms with Crippen LogP contribution < -0.4 is 10.6 Å². The number of furan rings is 1. The summed E-state index contributed by atoms with van der Waals surface area (Å²) in [6.45, 7) is 7.77. The van der Waals surface area contributed by atoms with Gasteiger partial charge < -0.3 is 15.1 Å². The number of amides is 2. The number of nitrogens with one attached hydrogen (secondary N) is 2. The van der Waals surface area contributed by atoms with Gasteiger partial charge in [0, 0.05) is 28.4 Å². The van der Waals surface area contributed by atoms with E-state index >= 15 is 0 Å². The molecular formula is C38H41ClN2O3. The van der Waals surface area contributed by atoms with Crippen LogP contribution in [-0.2, 0) is 0 Å². The molecule has 1 aromatic heterocycles. The van der Waals surface area contributed by atoms with E-state index in [0.717, 1.165) is 29.7 Å². The first-order valence-corrected chi connectivity index (χ1v) is 16.3. The van der Waals surface area contributed by atoms with Gasteiger partial charge in [-0.15, -0.1) is 0 Å². The monoisotopic (exact) mass is 608 g/mol. The first kappa shape index (κ1) is 30.2. The van der Waals surface area contributed by atoms with E-state index in [1.807, 2.05) is 42.5 Å². The molecule has 2 fully saturated rings. The van der Waals surface area contributed by atoms with Gasteiger partial charge in [-0.3, -0.25) is 9.59 Å². The van der Waals surface area contributed by atoms with E-state index in [1.54, 1.807) is 24.3 Å². The van der Waals surface area contributed by atoms with Crippen LogP contribution in [0, 0.1) is 23.7 Å². The standard InChI is InChI=1S/C38H41ClN2O3/c1-23(2)31-16-4-24(3)20-34(31)32-17-15-30(41-38(43)36-19-18-35(44-36)27-11-13-29(39)14-12-27)21-33(32)26-7-9-28(10-8-26)37(42)40-22-25-5-6-25/h7-15,17-19,21,23-25,31,34H,4-6,16,20,22H2,1-3H3,(H,40,42)(H,41,43). The second-order valence-corrected chi connectivity index (χ2v) is 13.5. The third-order valence-corrected chi connectivity index (χ3v) is 9.65. The Morgan fingerprint density at radius 1 is 0.864 bits per heavy atom. The molecule has 2 N–H and O–H groups in total. The molecule has 0 aliphatic heterocycles. The molecule has 6 rings (SSSR count). The molecule has 5 nitrogen and oxygen atoms in total. The van der Waals surface area contributed by atoms with Crippen LogP contribution in [0.1, 0.15) is 85.3 Å². The summed E-state index contributed by atoms with van der Waals surface area (Å²) < 4.78 is 5.91. The summed E-state index contributed by atoms with van der Waals surface area (Å²) in [6.07, 6.45) is 6.03. The van der Waals surface area contributed by atoms with Crippen molar-refractivity contribution in [1.82, 2.24) is 5.32 Å². The lowest BCUT2D eigenvalue weighted by Crippen LogP contribution is -2.26. The Balaban J connectivity index is 1.29. The van der Waals surface area contributed by atoms with Gasteiger partial charge in [0.2, 0.25) is 0 Å². The molecule has 3 unspecified atom stereocenters. The second-order valence-electron chi connectivity index (χ2n) is 13.1. The zero-order chi connectivity index (χ0) is 30.8. The minimum absolute atomic E-state index is 0.0258. The summed E-state index contributed by atoms with van der Waals surface area (Å²) in [5.41, 5.74) is 5.67. The highest BCUT2D eigenvalue weighted by molar-refractivity contribution is 6.30. The van der Waals surface area contributed by atoms with Crippen LogP contribution in [0.15, 0.2) is 83.3 Å². The number of rotatable bonds is 9. The Morgan fingerprint density at radius 3 is 2.30 bits per heavy atom. The zero-order valence-electron chi connectivity index (χ0n) is 25.7. The molecular weight excluding hydrogens is 568 g/mol. The maximum Gasteiger partial charge on any atom is 0.291 e. The van der Waals surface area contributed by atoms with Crippen molar-refractivity contribution in [1.29, 1.82) is 0 Å². The molecule has 6 heteroatoms. The van der Waals surface area contributed by atoms with Gasteiger partial charge in [-0.25, -0.2) is 0 Å². The van der Waals surface area contributed by atoms with Crippen LogP contribution in [0.5, 0.6) is 0 Å². The Hall–Kier alpha value is -3.83. The van der Waals surface area contributed by atoms with Crippen molar-refractivity contribution in [2.45, 2.75) is 58.8 Å². The molecule has 0 saturated heterocycles. The predicted octanol–water partition coefficient (Wildman–Crippen LogP) is 9.83. The van der Waals surface area contributed by atoms with Gasteiger partial charge in [0.15, 0.2) is 5.76 Å². The number of carbonyl (C=O) groups is 2. The first-order chi connectivity index (χ1) is 21.2. The average molecular weight is 609 g/mol. The zero-order valence-corrected chi connectivity index (χ0v) is 26.5. The van der Waals surface area contributed by atoms with Crippen LogP contribution in [0.3, 0.4) is 0 Å².